The van der Waals surface area contributed by atoms with E-state index in [9.17, 15) is 9.59 Å². The number of hydrogen-bond acceptors (Lipinski definition) is 3. The lowest BCUT2D eigenvalue weighted by atomic mass is 10.0. The summed E-state index contributed by atoms with van der Waals surface area (Å²) < 4.78 is 5.77. The van der Waals surface area contributed by atoms with E-state index in [1.54, 1.807) is 55.3 Å². The van der Waals surface area contributed by atoms with Gasteiger partial charge in [-0.1, -0.05) is 60.7 Å². The number of nitrogens with zero attached hydrogens (tertiary/aromatic N) is 1. The quantitative estimate of drug-likeness (QED) is 0.579. The predicted octanol–water partition coefficient (Wildman–Crippen LogP) is 4.34. The topological polar surface area (TPSA) is 46.6 Å². The van der Waals surface area contributed by atoms with Crippen LogP contribution in [0.2, 0.25) is 0 Å². The normalized spacial score (nSPS) is 11.5. The van der Waals surface area contributed by atoms with E-state index in [0.29, 0.717) is 23.4 Å². The summed E-state index contributed by atoms with van der Waals surface area (Å²) in [6.45, 7) is 2.25. The van der Waals surface area contributed by atoms with Crippen molar-refractivity contribution in [1.82, 2.24) is 4.90 Å². The number of carbonyl (C=O) groups excluding carboxylic acids is 2. The van der Waals surface area contributed by atoms with Crippen LogP contribution < -0.4 is 4.74 Å². The molecule has 142 valence electrons. The van der Waals surface area contributed by atoms with Crippen molar-refractivity contribution in [2.75, 3.05) is 7.05 Å². The highest BCUT2D eigenvalue weighted by molar-refractivity contribution is 6.08. The van der Waals surface area contributed by atoms with Gasteiger partial charge in [0.2, 0.25) is 0 Å². The van der Waals surface area contributed by atoms with Gasteiger partial charge in [0, 0.05) is 24.7 Å². The molecule has 0 saturated heterocycles. The predicted molar refractivity (Wildman–Crippen MR) is 109 cm³/mol. The van der Waals surface area contributed by atoms with Gasteiger partial charge in [0.1, 0.15) is 5.75 Å². The van der Waals surface area contributed by atoms with Gasteiger partial charge in [0.05, 0.1) is 0 Å². The van der Waals surface area contributed by atoms with Gasteiger partial charge in [-0.25, -0.2) is 0 Å². The Balaban J connectivity index is 1.60. The van der Waals surface area contributed by atoms with Gasteiger partial charge in [0.15, 0.2) is 11.9 Å². The summed E-state index contributed by atoms with van der Waals surface area (Å²) in [5.74, 6) is 0.408. The maximum atomic E-state index is 12.6. The summed E-state index contributed by atoms with van der Waals surface area (Å²) in [7, 11) is 1.76. The first-order chi connectivity index (χ1) is 13.5. The Hall–Kier alpha value is -3.40. The molecule has 0 fully saturated rings. The molecule has 1 amide bonds. The fourth-order valence-corrected chi connectivity index (χ4v) is 2.94. The standard InChI is InChI=1S/C24H23NO3/c1-18(24(27)25(2)17-19-9-5-3-6-10-19)28-22-15-13-21(14-16-22)23(26)20-11-7-4-8-12-20/h3-16,18H,17H2,1-2H3/t18-/m0/s1. The van der Waals surface area contributed by atoms with Gasteiger partial charge in [-0.2, -0.15) is 0 Å². The van der Waals surface area contributed by atoms with Crippen LogP contribution in [0.1, 0.15) is 28.4 Å². The van der Waals surface area contributed by atoms with Crippen molar-refractivity contribution in [3.05, 3.63) is 102 Å². The van der Waals surface area contributed by atoms with Crippen LogP contribution in [-0.4, -0.2) is 29.7 Å². The molecule has 1 atom stereocenters. The highest BCUT2D eigenvalue weighted by Gasteiger charge is 2.19. The van der Waals surface area contributed by atoms with Gasteiger partial charge >= 0.3 is 0 Å². The lowest BCUT2D eigenvalue weighted by molar-refractivity contribution is -0.137. The molecular formula is C24H23NO3. The largest absolute Gasteiger partial charge is 0.481 e. The van der Waals surface area contributed by atoms with Crippen LogP contribution in [0.4, 0.5) is 0 Å². The summed E-state index contributed by atoms with van der Waals surface area (Å²) >= 11 is 0. The van der Waals surface area contributed by atoms with Crippen molar-refractivity contribution >= 4 is 11.7 Å². The smallest absolute Gasteiger partial charge is 0.263 e. The molecule has 4 heteroatoms. The SMILES string of the molecule is C[C@H](Oc1ccc(C(=O)c2ccccc2)cc1)C(=O)N(C)Cc1ccccc1. The number of rotatable bonds is 7. The van der Waals surface area contributed by atoms with Gasteiger partial charge in [-0.05, 0) is 36.8 Å². The third-order valence-corrected chi connectivity index (χ3v) is 4.45. The summed E-state index contributed by atoms with van der Waals surface area (Å²) in [5, 5.41) is 0. The van der Waals surface area contributed by atoms with E-state index in [1.165, 1.54) is 0 Å². The van der Waals surface area contributed by atoms with Gasteiger partial charge in [-0.15, -0.1) is 0 Å². The minimum atomic E-state index is -0.621. The van der Waals surface area contributed by atoms with Crippen molar-refractivity contribution < 1.29 is 14.3 Å². The number of benzene rings is 3. The van der Waals surface area contributed by atoms with Crippen molar-refractivity contribution in [3.8, 4) is 5.75 Å². The molecule has 28 heavy (non-hydrogen) atoms. The number of carbonyl (C=O) groups is 2. The van der Waals surface area contributed by atoms with Gasteiger partial charge < -0.3 is 9.64 Å². The zero-order valence-electron chi connectivity index (χ0n) is 16.0. The molecule has 0 bridgehead atoms. The highest BCUT2D eigenvalue weighted by atomic mass is 16.5. The Labute approximate surface area is 165 Å². The van der Waals surface area contributed by atoms with Crippen molar-refractivity contribution in [2.45, 2.75) is 19.6 Å². The molecule has 0 aliphatic carbocycles. The first kappa shape index (κ1) is 19.4. The lowest BCUT2D eigenvalue weighted by Crippen LogP contribution is -2.37. The number of ether oxygens (including phenoxy) is 1. The first-order valence-corrected chi connectivity index (χ1v) is 9.20. The summed E-state index contributed by atoms with van der Waals surface area (Å²) in [6.07, 6.45) is -0.621. The molecule has 0 heterocycles. The number of ketones is 1. The average molecular weight is 373 g/mol. The third kappa shape index (κ3) is 4.86. The van der Waals surface area contributed by atoms with E-state index in [4.69, 9.17) is 4.74 Å². The molecule has 0 aliphatic rings. The Bertz CT molecular complexity index is 921. The minimum Gasteiger partial charge on any atom is -0.481 e. The molecule has 0 radical (unpaired) electrons. The highest BCUT2D eigenvalue weighted by Crippen LogP contribution is 2.17. The molecular weight excluding hydrogens is 350 g/mol. The zero-order valence-corrected chi connectivity index (χ0v) is 16.0. The third-order valence-electron chi connectivity index (χ3n) is 4.45. The number of amides is 1. The first-order valence-electron chi connectivity index (χ1n) is 9.20. The molecule has 0 N–H and O–H groups in total. The maximum absolute atomic E-state index is 12.6. The van der Waals surface area contributed by atoms with Crippen LogP contribution in [0.15, 0.2) is 84.9 Å². The van der Waals surface area contributed by atoms with Crippen molar-refractivity contribution in [2.24, 2.45) is 0 Å². The van der Waals surface area contributed by atoms with E-state index in [1.807, 2.05) is 48.5 Å². The Morgan fingerprint density at radius 1 is 0.821 bits per heavy atom. The molecule has 0 unspecified atom stereocenters. The van der Waals surface area contributed by atoms with Crippen LogP contribution in [0, 0.1) is 0 Å². The second-order valence-corrected chi connectivity index (χ2v) is 6.66. The monoisotopic (exact) mass is 373 g/mol. The second kappa shape index (κ2) is 9.00. The Morgan fingerprint density at radius 3 is 1.96 bits per heavy atom. The fraction of sp³-hybridized carbons (Fsp3) is 0.167. The molecule has 3 rings (SSSR count). The second-order valence-electron chi connectivity index (χ2n) is 6.66. The summed E-state index contributed by atoms with van der Waals surface area (Å²) in [4.78, 5) is 26.7. The molecule has 0 aliphatic heterocycles. The Kier molecular flexibility index (Phi) is 6.22. The lowest BCUT2D eigenvalue weighted by Gasteiger charge is -2.22. The number of likely N-dealkylation sites (N-methyl/N-ethyl adjacent to an activating group) is 1. The molecule has 0 spiro atoms. The van der Waals surface area contributed by atoms with E-state index in [0.717, 1.165) is 5.56 Å². The minimum absolute atomic E-state index is 0.0427. The van der Waals surface area contributed by atoms with Gasteiger partial charge in [0.25, 0.3) is 5.91 Å². The molecule has 3 aromatic carbocycles. The molecule has 0 saturated carbocycles. The van der Waals surface area contributed by atoms with E-state index < -0.39 is 6.10 Å². The number of hydrogen-bond donors (Lipinski definition) is 0. The van der Waals surface area contributed by atoms with E-state index in [2.05, 4.69) is 0 Å². The Morgan fingerprint density at radius 2 is 1.36 bits per heavy atom. The average Bonchev–Trinajstić information content (AvgIpc) is 2.74. The zero-order chi connectivity index (χ0) is 19.9. The summed E-state index contributed by atoms with van der Waals surface area (Å²) in [6, 6.07) is 25.8. The van der Waals surface area contributed by atoms with Crippen LogP contribution in [0.3, 0.4) is 0 Å². The van der Waals surface area contributed by atoms with Gasteiger partial charge in [-0.3, -0.25) is 9.59 Å². The van der Waals surface area contributed by atoms with Crippen molar-refractivity contribution in [3.63, 3.8) is 0 Å². The molecule has 3 aromatic rings. The van der Waals surface area contributed by atoms with Crippen LogP contribution in [-0.2, 0) is 11.3 Å². The van der Waals surface area contributed by atoms with Crippen LogP contribution in [0.25, 0.3) is 0 Å². The van der Waals surface area contributed by atoms with E-state index in [-0.39, 0.29) is 11.7 Å². The van der Waals surface area contributed by atoms with Crippen LogP contribution >= 0.6 is 0 Å². The fourth-order valence-electron chi connectivity index (χ4n) is 2.94. The molecule has 4 nitrogen and oxygen atoms in total. The van der Waals surface area contributed by atoms with Crippen molar-refractivity contribution in [1.29, 1.82) is 0 Å². The van der Waals surface area contributed by atoms with Crippen LogP contribution in [0.5, 0.6) is 5.75 Å². The summed E-state index contributed by atoms with van der Waals surface area (Å²) in [5.41, 5.74) is 2.29. The van der Waals surface area contributed by atoms with E-state index >= 15 is 0 Å². The maximum Gasteiger partial charge on any atom is 0.263 e. The molecule has 0 aromatic heterocycles.